The number of rotatable bonds is 2. The smallest absolute Gasteiger partial charge is 0.390 e. The summed E-state index contributed by atoms with van der Waals surface area (Å²) in [7, 11) is -3.72. The van der Waals surface area contributed by atoms with Crippen molar-refractivity contribution in [3.63, 3.8) is 0 Å². The molecule has 0 aromatic heterocycles. The second-order valence-electron chi connectivity index (χ2n) is 1.38. The van der Waals surface area contributed by atoms with Crippen molar-refractivity contribution in [2.45, 2.75) is 12.5 Å². The van der Waals surface area contributed by atoms with E-state index in [4.69, 9.17) is 14.4 Å². The largest absolute Gasteiger partial charge is 0.492 e. The van der Waals surface area contributed by atoms with E-state index >= 15 is 0 Å². The Labute approximate surface area is 43.6 Å². The fourth-order valence-electron chi connectivity index (χ4n) is 0.237. The molecule has 0 aromatic carbocycles. The molecular weight excluding hydrogens is 112 g/mol. The van der Waals surface area contributed by atoms with Gasteiger partial charge in [-0.2, -0.15) is 0 Å². The third-order valence-electron chi connectivity index (χ3n) is 0.512. The molecule has 4 heteroatoms. The molecule has 7 heavy (non-hydrogen) atoms. The van der Waals surface area contributed by atoms with Crippen LogP contribution in [0.4, 0.5) is 0 Å². The summed E-state index contributed by atoms with van der Waals surface area (Å²) in [5.41, 5.74) is 0. The number of hydrogen-bond donors (Lipinski definition) is 3. The molecule has 0 saturated carbocycles. The van der Waals surface area contributed by atoms with Crippen molar-refractivity contribution in [1.82, 2.24) is 0 Å². The van der Waals surface area contributed by atoms with E-state index < -0.39 is 8.80 Å². The van der Waals surface area contributed by atoms with Gasteiger partial charge in [-0.3, -0.25) is 0 Å². The minimum Gasteiger partial charge on any atom is -0.390 e. The van der Waals surface area contributed by atoms with Crippen molar-refractivity contribution in [2.75, 3.05) is 0 Å². The molecule has 0 bridgehead atoms. The van der Waals surface area contributed by atoms with Crippen LogP contribution in [0.15, 0.2) is 0 Å². The lowest BCUT2D eigenvalue weighted by atomic mass is 10.6. The molecule has 0 amide bonds. The fraction of sp³-hybridized carbons (Fsp3) is 0.667. The van der Waals surface area contributed by atoms with Crippen LogP contribution in [0.5, 0.6) is 0 Å². The van der Waals surface area contributed by atoms with E-state index in [9.17, 15) is 0 Å². The van der Waals surface area contributed by atoms with E-state index in [0.717, 1.165) is 0 Å². The van der Waals surface area contributed by atoms with Crippen LogP contribution in [-0.4, -0.2) is 23.2 Å². The predicted octanol–water partition coefficient (Wildman–Crippen LogP) is -0.874. The molecule has 0 unspecified atom stereocenters. The lowest BCUT2D eigenvalue weighted by Gasteiger charge is -2.04. The summed E-state index contributed by atoms with van der Waals surface area (Å²) in [6, 6.07) is 0.0347. The molecule has 0 aromatic rings. The van der Waals surface area contributed by atoms with Gasteiger partial charge in [0.05, 0.1) is 0 Å². The van der Waals surface area contributed by atoms with Crippen molar-refractivity contribution < 1.29 is 14.4 Å². The lowest BCUT2D eigenvalue weighted by Crippen LogP contribution is -2.33. The predicted molar refractivity (Wildman–Crippen MR) is 27.2 cm³/mol. The summed E-state index contributed by atoms with van der Waals surface area (Å²) < 4.78 is 0. The lowest BCUT2D eigenvalue weighted by molar-refractivity contribution is 0.228. The van der Waals surface area contributed by atoms with Crippen molar-refractivity contribution >= 4 is 8.80 Å². The zero-order chi connectivity index (χ0) is 5.91. The topological polar surface area (TPSA) is 60.7 Å². The molecule has 1 radical (unpaired) electrons. The normalized spacial score (nSPS) is 12.0. The zero-order valence-corrected chi connectivity index (χ0v) is 4.96. The quantitative estimate of drug-likeness (QED) is 0.416. The Kier molecular flexibility index (Phi) is 2.45. The summed E-state index contributed by atoms with van der Waals surface area (Å²) in [6.45, 7) is 3.33. The Hall–Kier alpha value is 0.0969. The summed E-state index contributed by atoms with van der Waals surface area (Å²) >= 11 is 0. The van der Waals surface area contributed by atoms with Gasteiger partial charge in [0, 0.05) is 6.04 Å². The van der Waals surface area contributed by atoms with E-state index in [-0.39, 0.29) is 6.04 Å². The fourth-order valence-corrected chi connectivity index (χ4v) is 0.712. The highest BCUT2D eigenvalue weighted by atomic mass is 28.4. The Morgan fingerprint density at radius 3 is 1.71 bits per heavy atom. The highest BCUT2D eigenvalue weighted by molar-refractivity contribution is 6.56. The maximum absolute atomic E-state index is 8.23. The molecule has 0 aliphatic heterocycles. The molecule has 0 fully saturated rings. The van der Waals surface area contributed by atoms with Gasteiger partial charge in [0.15, 0.2) is 0 Å². The second-order valence-corrected chi connectivity index (χ2v) is 3.43. The van der Waals surface area contributed by atoms with Gasteiger partial charge in [0.25, 0.3) is 0 Å². The highest BCUT2D eigenvalue weighted by Crippen LogP contribution is 1.97. The molecule has 0 spiro atoms. The Balaban J connectivity index is 3.15. The van der Waals surface area contributed by atoms with Crippen LogP contribution in [0.1, 0.15) is 6.42 Å². The first kappa shape index (κ1) is 7.10. The Morgan fingerprint density at radius 2 is 1.71 bits per heavy atom. The first-order chi connectivity index (χ1) is 3.06. The summed E-state index contributed by atoms with van der Waals surface area (Å²) in [5, 5.41) is 0. The zero-order valence-electron chi connectivity index (χ0n) is 3.96. The van der Waals surface area contributed by atoms with Gasteiger partial charge in [-0.1, -0.05) is 6.92 Å². The van der Waals surface area contributed by atoms with Crippen molar-refractivity contribution in [1.29, 1.82) is 0 Å². The summed E-state index contributed by atoms with van der Waals surface area (Å²) in [5.74, 6) is 0. The first-order valence-electron chi connectivity index (χ1n) is 2.02. The van der Waals surface area contributed by atoms with E-state index in [1.54, 1.807) is 0 Å². The van der Waals surface area contributed by atoms with Crippen LogP contribution in [0.25, 0.3) is 0 Å². The number of hydrogen-bond acceptors (Lipinski definition) is 3. The maximum Gasteiger partial charge on any atom is 0.492 e. The van der Waals surface area contributed by atoms with Gasteiger partial charge in [-0.25, -0.2) is 0 Å². The van der Waals surface area contributed by atoms with E-state index in [1.807, 2.05) is 0 Å². The highest BCUT2D eigenvalue weighted by Gasteiger charge is 2.24. The van der Waals surface area contributed by atoms with E-state index in [2.05, 4.69) is 6.92 Å². The van der Waals surface area contributed by atoms with Crippen LogP contribution in [0.3, 0.4) is 0 Å². The minimum absolute atomic E-state index is 0.0347. The van der Waals surface area contributed by atoms with Gasteiger partial charge < -0.3 is 14.4 Å². The monoisotopic (exact) mass is 121 g/mol. The molecule has 0 aliphatic rings. The van der Waals surface area contributed by atoms with Crippen molar-refractivity contribution in [3.05, 3.63) is 6.92 Å². The standard InChI is InChI=1S/C3H9O3Si/c1-2-3-7(4,5)6/h4-6H,1-3H2. The van der Waals surface area contributed by atoms with Gasteiger partial charge in [0.1, 0.15) is 0 Å². The average molecular weight is 121 g/mol. The van der Waals surface area contributed by atoms with Crippen LogP contribution >= 0.6 is 0 Å². The van der Waals surface area contributed by atoms with Crippen LogP contribution in [-0.2, 0) is 0 Å². The van der Waals surface area contributed by atoms with Gasteiger partial charge in [-0.05, 0) is 6.42 Å². The molecule has 43 valence electrons. The average Bonchev–Trinajstić information content (AvgIpc) is 1.30. The third kappa shape index (κ3) is 6.10. The molecule has 0 atom stereocenters. The minimum atomic E-state index is -3.72. The van der Waals surface area contributed by atoms with Crippen LogP contribution < -0.4 is 0 Å². The molecule has 3 nitrogen and oxygen atoms in total. The SMILES string of the molecule is [CH2]CC[Si](O)(O)O. The maximum atomic E-state index is 8.23. The molecule has 0 heterocycles. The van der Waals surface area contributed by atoms with Crippen molar-refractivity contribution in [3.8, 4) is 0 Å². The molecule has 0 aliphatic carbocycles. The van der Waals surface area contributed by atoms with E-state index in [0.29, 0.717) is 6.42 Å². The summed E-state index contributed by atoms with van der Waals surface area (Å²) in [4.78, 5) is 24.7. The van der Waals surface area contributed by atoms with Crippen molar-refractivity contribution in [2.24, 2.45) is 0 Å². The molecule has 0 rings (SSSR count). The van der Waals surface area contributed by atoms with Crippen LogP contribution in [0, 0.1) is 6.92 Å². The summed E-state index contributed by atoms with van der Waals surface area (Å²) in [6.07, 6.45) is 0.371. The third-order valence-corrected chi connectivity index (χ3v) is 1.54. The first-order valence-corrected chi connectivity index (χ1v) is 4.07. The van der Waals surface area contributed by atoms with Gasteiger partial charge >= 0.3 is 8.80 Å². The van der Waals surface area contributed by atoms with Gasteiger partial charge in [0.2, 0.25) is 0 Å². The van der Waals surface area contributed by atoms with E-state index in [1.165, 1.54) is 0 Å². The molecule has 0 saturated heterocycles. The van der Waals surface area contributed by atoms with Crippen LogP contribution in [0.2, 0.25) is 6.04 Å². The Morgan fingerprint density at radius 1 is 1.29 bits per heavy atom. The van der Waals surface area contributed by atoms with Gasteiger partial charge in [-0.15, -0.1) is 0 Å². The Bertz CT molecular complexity index is 48.6. The molecule has 3 N–H and O–H groups in total. The second kappa shape index (κ2) is 2.42. The molecular formula is C3H9O3Si.